The number of rotatable bonds is 5. The fourth-order valence-electron chi connectivity index (χ4n) is 5.50. The van der Waals surface area contributed by atoms with Crippen LogP contribution in [0.4, 0.5) is 0 Å². The highest BCUT2D eigenvalue weighted by atomic mass is 16.5. The second-order valence-corrected chi connectivity index (χ2v) is 9.36. The Labute approximate surface area is 204 Å². The highest BCUT2D eigenvalue weighted by Gasteiger charge is 2.40. The van der Waals surface area contributed by atoms with E-state index in [2.05, 4.69) is 16.7 Å². The SMILES string of the molecule is CCCN1CC(=O)N2Cc3c(c4ccccc4n3Cc3ccc(C(=O)NO)cc3)CCCC2C1=O. The van der Waals surface area contributed by atoms with E-state index >= 15 is 0 Å². The van der Waals surface area contributed by atoms with E-state index in [9.17, 15) is 14.4 Å². The maximum absolute atomic E-state index is 13.2. The smallest absolute Gasteiger partial charge is 0.274 e. The number of hydroxylamine groups is 1. The predicted molar refractivity (Wildman–Crippen MR) is 131 cm³/mol. The summed E-state index contributed by atoms with van der Waals surface area (Å²) in [6.07, 6.45) is 3.21. The summed E-state index contributed by atoms with van der Waals surface area (Å²) in [7, 11) is 0. The van der Waals surface area contributed by atoms with Crippen molar-refractivity contribution in [2.75, 3.05) is 13.1 Å². The lowest BCUT2D eigenvalue weighted by atomic mass is 9.95. The molecule has 0 saturated carbocycles. The van der Waals surface area contributed by atoms with Crippen LogP contribution in [0.1, 0.15) is 53.4 Å². The molecular formula is C27H30N4O4. The second-order valence-electron chi connectivity index (χ2n) is 9.36. The molecule has 1 unspecified atom stereocenters. The first-order valence-electron chi connectivity index (χ1n) is 12.2. The van der Waals surface area contributed by atoms with Gasteiger partial charge in [0.05, 0.1) is 13.1 Å². The van der Waals surface area contributed by atoms with Gasteiger partial charge >= 0.3 is 0 Å². The molecule has 3 aromatic rings. The van der Waals surface area contributed by atoms with Crippen molar-refractivity contribution < 1.29 is 19.6 Å². The van der Waals surface area contributed by atoms with E-state index in [1.807, 2.05) is 31.2 Å². The molecular weight excluding hydrogens is 444 g/mol. The van der Waals surface area contributed by atoms with E-state index < -0.39 is 11.9 Å². The van der Waals surface area contributed by atoms with E-state index in [4.69, 9.17) is 5.21 Å². The number of aromatic nitrogens is 1. The normalized spacial score (nSPS) is 18.2. The first-order chi connectivity index (χ1) is 17.0. The first kappa shape index (κ1) is 23.1. The van der Waals surface area contributed by atoms with Crippen molar-refractivity contribution in [2.24, 2.45) is 0 Å². The summed E-state index contributed by atoms with van der Waals surface area (Å²) in [6, 6.07) is 15.0. The average molecular weight is 475 g/mol. The first-order valence-corrected chi connectivity index (χ1v) is 12.2. The summed E-state index contributed by atoms with van der Waals surface area (Å²) in [5.74, 6) is -0.480. The van der Waals surface area contributed by atoms with Gasteiger partial charge in [-0.2, -0.15) is 0 Å². The van der Waals surface area contributed by atoms with Crippen molar-refractivity contribution in [1.82, 2.24) is 19.8 Å². The number of carbonyl (C=O) groups is 3. The third kappa shape index (κ3) is 4.18. The number of amides is 3. The quantitative estimate of drug-likeness (QED) is 0.439. The Morgan fingerprint density at radius 1 is 1.09 bits per heavy atom. The standard InChI is InChI=1S/C27H30N4O4/c1-2-14-29-17-25(32)31-16-24-21(7-5-9-23(31)27(29)34)20-6-3-4-8-22(20)30(24)15-18-10-12-19(13-11-18)26(33)28-35/h3-4,6,8,10-13,23,35H,2,5,7,9,14-17H2,1H3,(H,28,33). The molecule has 0 aliphatic carbocycles. The van der Waals surface area contributed by atoms with Gasteiger partial charge in [0, 0.05) is 35.2 Å². The van der Waals surface area contributed by atoms with E-state index in [-0.39, 0.29) is 18.4 Å². The van der Waals surface area contributed by atoms with Crippen LogP contribution in [0.5, 0.6) is 0 Å². The minimum absolute atomic E-state index is 0.00655. The fraction of sp³-hybridized carbons (Fsp3) is 0.370. The summed E-state index contributed by atoms with van der Waals surface area (Å²) in [4.78, 5) is 41.6. The van der Waals surface area contributed by atoms with Crippen molar-refractivity contribution in [1.29, 1.82) is 0 Å². The molecule has 1 fully saturated rings. The van der Waals surface area contributed by atoms with Gasteiger partial charge in [0.2, 0.25) is 11.8 Å². The maximum Gasteiger partial charge on any atom is 0.274 e. The number of fused-ring (bicyclic) bond motifs is 4. The molecule has 5 rings (SSSR count). The molecule has 182 valence electrons. The van der Waals surface area contributed by atoms with Crippen LogP contribution in [-0.2, 0) is 29.1 Å². The summed E-state index contributed by atoms with van der Waals surface area (Å²) >= 11 is 0. The van der Waals surface area contributed by atoms with Crippen molar-refractivity contribution in [2.45, 2.75) is 51.7 Å². The lowest BCUT2D eigenvalue weighted by Crippen LogP contribution is -2.60. The molecule has 2 aliphatic rings. The molecule has 35 heavy (non-hydrogen) atoms. The van der Waals surface area contributed by atoms with Gasteiger partial charge in [-0.3, -0.25) is 19.6 Å². The molecule has 8 heteroatoms. The van der Waals surface area contributed by atoms with Crippen LogP contribution in [0.25, 0.3) is 10.9 Å². The number of para-hydroxylation sites is 1. The van der Waals surface area contributed by atoms with Crippen LogP contribution in [0.3, 0.4) is 0 Å². The third-order valence-corrected chi connectivity index (χ3v) is 7.19. The number of hydrogen-bond donors (Lipinski definition) is 2. The number of hydrogen-bond acceptors (Lipinski definition) is 4. The topological polar surface area (TPSA) is 94.9 Å². The molecule has 3 heterocycles. The Bertz CT molecular complexity index is 1280. The van der Waals surface area contributed by atoms with Gasteiger partial charge in [0.15, 0.2) is 0 Å². The molecule has 3 amide bonds. The molecule has 0 bridgehead atoms. The lowest BCUT2D eigenvalue weighted by Gasteiger charge is -2.41. The molecule has 2 aliphatic heterocycles. The van der Waals surface area contributed by atoms with Gasteiger partial charge < -0.3 is 14.4 Å². The van der Waals surface area contributed by atoms with Gasteiger partial charge in [-0.1, -0.05) is 37.3 Å². The van der Waals surface area contributed by atoms with E-state index in [1.165, 1.54) is 10.9 Å². The number of aryl methyl sites for hydroxylation is 1. The zero-order valence-corrected chi connectivity index (χ0v) is 19.9. The monoisotopic (exact) mass is 474 g/mol. The minimum atomic E-state index is -0.551. The van der Waals surface area contributed by atoms with Gasteiger partial charge in [0.1, 0.15) is 6.04 Å². The molecule has 2 N–H and O–H groups in total. The molecule has 1 aromatic heterocycles. The highest BCUT2D eigenvalue weighted by molar-refractivity contribution is 5.95. The molecule has 1 atom stereocenters. The lowest BCUT2D eigenvalue weighted by molar-refractivity contribution is -0.157. The van der Waals surface area contributed by atoms with E-state index in [0.717, 1.165) is 36.0 Å². The Kier molecular flexibility index (Phi) is 6.30. The molecule has 0 spiro atoms. The Balaban J connectivity index is 1.54. The van der Waals surface area contributed by atoms with Crippen molar-refractivity contribution >= 4 is 28.6 Å². The van der Waals surface area contributed by atoms with Crippen LogP contribution < -0.4 is 5.48 Å². The zero-order valence-electron chi connectivity index (χ0n) is 19.9. The molecule has 8 nitrogen and oxygen atoms in total. The number of nitrogens with one attached hydrogen (secondary N) is 1. The summed E-state index contributed by atoms with van der Waals surface area (Å²) in [6.45, 7) is 3.76. The average Bonchev–Trinajstić information content (AvgIpc) is 3.13. The zero-order chi connectivity index (χ0) is 24.5. The number of benzene rings is 2. The minimum Gasteiger partial charge on any atom is -0.338 e. The Hall–Kier alpha value is -3.65. The van der Waals surface area contributed by atoms with Gasteiger partial charge in [0.25, 0.3) is 5.91 Å². The van der Waals surface area contributed by atoms with E-state index in [1.54, 1.807) is 27.4 Å². The van der Waals surface area contributed by atoms with Crippen LogP contribution in [0.2, 0.25) is 0 Å². The van der Waals surface area contributed by atoms with Gasteiger partial charge in [-0.15, -0.1) is 0 Å². The van der Waals surface area contributed by atoms with Gasteiger partial charge in [-0.25, -0.2) is 5.48 Å². The molecule has 1 saturated heterocycles. The maximum atomic E-state index is 13.2. The number of piperazine rings is 1. The van der Waals surface area contributed by atoms with Crippen molar-refractivity contribution in [3.8, 4) is 0 Å². The summed E-state index contributed by atoms with van der Waals surface area (Å²) < 4.78 is 2.24. The van der Waals surface area contributed by atoms with Crippen LogP contribution in [0.15, 0.2) is 48.5 Å². The highest BCUT2D eigenvalue weighted by Crippen LogP contribution is 2.33. The predicted octanol–water partition coefficient (Wildman–Crippen LogP) is 3.09. The van der Waals surface area contributed by atoms with Crippen molar-refractivity contribution in [3.63, 3.8) is 0 Å². The number of nitrogens with zero attached hydrogens (tertiary/aromatic N) is 3. The second kappa shape index (κ2) is 9.54. The summed E-state index contributed by atoms with van der Waals surface area (Å²) in [5, 5.41) is 10.1. The van der Waals surface area contributed by atoms with Gasteiger partial charge in [-0.05, 0) is 55.0 Å². The molecule has 0 radical (unpaired) electrons. The Morgan fingerprint density at radius 3 is 2.60 bits per heavy atom. The van der Waals surface area contributed by atoms with Crippen LogP contribution >= 0.6 is 0 Å². The van der Waals surface area contributed by atoms with Crippen molar-refractivity contribution in [3.05, 3.63) is 70.9 Å². The van der Waals surface area contributed by atoms with Crippen LogP contribution in [0, 0.1) is 0 Å². The third-order valence-electron chi connectivity index (χ3n) is 7.19. The number of carbonyl (C=O) groups excluding carboxylic acids is 3. The summed E-state index contributed by atoms with van der Waals surface area (Å²) in [5.41, 5.74) is 6.43. The van der Waals surface area contributed by atoms with E-state index in [0.29, 0.717) is 31.6 Å². The largest absolute Gasteiger partial charge is 0.338 e. The Morgan fingerprint density at radius 2 is 1.86 bits per heavy atom. The molecule has 2 aromatic carbocycles. The fourth-order valence-corrected chi connectivity index (χ4v) is 5.50. The van der Waals surface area contributed by atoms with Crippen LogP contribution in [-0.4, -0.2) is 56.4 Å².